The summed E-state index contributed by atoms with van der Waals surface area (Å²) in [6, 6.07) is 115. The maximum atomic E-state index is 15.3. The smallest absolute Gasteiger partial charge is 0.132 e. The molecule has 1 atom stereocenters. The Morgan fingerprint density at radius 1 is 0.344 bits per heavy atom. The van der Waals surface area contributed by atoms with Gasteiger partial charge in [-0.25, -0.2) is 8.83 Å². The Kier molecular flexibility index (Phi) is 30.8. The molecule has 0 saturated carbocycles. The van der Waals surface area contributed by atoms with E-state index in [4.69, 9.17) is 0 Å². The van der Waals surface area contributed by atoms with Crippen LogP contribution in [0.3, 0.4) is 0 Å². The van der Waals surface area contributed by atoms with Gasteiger partial charge in [0.05, 0.1) is 0 Å². The first-order valence-electron chi connectivity index (χ1n) is 32.7. The standard InChI is InChI=1S/C28H28FNP2.C21H19P.C19H23P.C18H21P/c1-2-3-23-30(31(24-15-7-4-8-16-24)25-17-9-5-10-18-25)32(26-19-11-6-12-20-26)28-22-14-13-21-27(28)29;1-18(19-11-5-2-6-12-19)17-22(20-13-7-3-8-14-20)21-15-9-4-10-16-21;1-3-4-11-17(2)16-20(18-12-7-5-8-13-18)19-14-9-6-10-15-19;1-15(2)16(3)14-19(17-10-6-4-7-11-17)18-12-8-5-9-13-18/h4-22H,2-3,23H2,1H3;2-17H,1H3;5-10,12-16H,3-4,11H2,1-2H3;4-15H,1-3H3/b;18-17+;17-16+;16-14+. The lowest BCUT2D eigenvalue weighted by Gasteiger charge is -2.39. The summed E-state index contributed by atoms with van der Waals surface area (Å²) in [7, 11) is -3.11. The number of hydrogen-bond acceptors (Lipinski definition) is 1. The predicted octanol–water partition coefficient (Wildman–Crippen LogP) is 21.4. The van der Waals surface area contributed by atoms with E-state index in [2.05, 4.69) is 368 Å². The molecule has 0 aliphatic heterocycles. The molecule has 0 radical (unpaired) electrons. The Bertz CT molecular complexity index is 3740. The number of allylic oxidation sites excluding steroid dienone is 3. The number of halogens is 1. The van der Waals surface area contributed by atoms with Crippen molar-refractivity contribution in [2.24, 2.45) is 5.92 Å². The van der Waals surface area contributed by atoms with E-state index in [9.17, 15) is 0 Å². The summed E-state index contributed by atoms with van der Waals surface area (Å²) in [4.78, 5) is 0. The first kappa shape index (κ1) is 71.5. The van der Waals surface area contributed by atoms with Gasteiger partial charge in [0.1, 0.15) is 5.82 Å². The maximum Gasteiger partial charge on any atom is 0.132 e. The van der Waals surface area contributed by atoms with E-state index in [0.29, 0.717) is 5.92 Å². The number of benzene rings is 11. The van der Waals surface area contributed by atoms with Crippen LogP contribution in [0.15, 0.2) is 356 Å². The summed E-state index contributed by atoms with van der Waals surface area (Å²) in [5.41, 5.74) is 5.62. The average Bonchev–Trinajstić information content (AvgIpc) is 0.890. The molecule has 472 valence electrons. The van der Waals surface area contributed by atoms with Crippen LogP contribution in [-0.2, 0) is 0 Å². The third-order valence-corrected chi connectivity index (χ3v) is 28.2. The SMILES string of the molecule is C/C(=C\P(c1ccccc1)c1ccccc1)C(C)C.C/C(=C\P(c1ccccc1)c1ccccc1)c1ccccc1.CCCC/C(C)=C/P(c1ccccc1)c1ccccc1.CCCCN(P(c1ccccc1)c1ccccc1)P(c1ccccc1)c1ccccc1F. The fraction of sp³-hybridized carbons (Fsp3) is 0.163. The Labute approximate surface area is 564 Å². The molecule has 0 N–H and O–H groups in total. The predicted molar refractivity (Wildman–Crippen MR) is 419 cm³/mol. The van der Waals surface area contributed by atoms with Crippen molar-refractivity contribution in [3.8, 4) is 0 Å². The number of nitrogens with zero attached hydrogens (tertiary/aromatic N) is 1. The molecule has 0 amide bonds. The van der Waals surface area contributed by atoms with E-state index >= 15 is 4.39 Å². The van der Waals surface area contributed by atoms with Gasteiger partial charge in [-0.05, 0) is 147 Å². The van der Waals surface area contributed by atoms with Gasteiger partial charge in [0.15, 0.2) is 0 Å². The highest BCUT2D eigenvalue weighted by molar-refractivity contribution is 7.84. The fourth-order valence-corrected chi connectivity index (χ4v) is 22.9. The molecular weight excluding hydrogens is 1220 g/mol. The first-order valence-corrected chi connectivity index (χ1v) is 39.5. The third-order valence-electron chi connectivity index (χ3n) is 15.5. The minimum atomic E-state index is -1.05. The van der Waals surface area contributed by atoms with Gasteiger partial charge in [-0.3, -0.25) is 0 Å². The van der Waals surface area contributed by atoms with Gasteiger partial charge in [-0.15, -0.1) is 0 Å². The van der Waals surface area contributed by atoms with Crippen LogP contribution in [0, 0.1) is 11.7 Å². The van der Waals surface area contributed by atoms with Crippen molar-refractivity contribution in [3.63, 3.8) is 0 Å². The summed E-state index contributed by atoms with van der Waals surface area (Å²) in [5, 5.41) is 13.1. The number of rotatable bonds is 23. The van der Waals surface area contributed by atoms with Gasteiger partial charge in [0.2, 0.25) is 0 Å². The van der Waals surface area contributed by atoms with Crippen LogP contribution in [0.4, 0.5) is 4.39 Å². The van der Waals surface area contributed by atoms with Crippen molar-refractivity contribution >= 4 is 98.5 Å². The van der Waals surface area contributed by atoms with Crippen LogP contribution < -0.4 is 53.0 Å². The van der Waals surface area contributed by atoms with Gasteiger partial charge in [0, 0.05) is 28.0 Å². The van der Waals surface area contributed by atoms with Crippen molar-refractivity contribution in [2.45, 2.75) is 80.6 Å². The van der Waals surface area contributed by atoms with Crippen LogP contribution in [-0.4, -0.2) is 11.0 Å². The van der Waals surface area contributed by atoms with Gasteiger partial charge in [0.25, 0.3) is 0 Å². The van der Waals surface area contributed by atoms with Crippen LogP contribution in [0.5, 0.6) is 0 Å². The molecule has 0 aliphatic carbocycles. The fourth-order valence-electron chi connectivity index (χ4n) is 10.2. The molecule has 93 heavy (non-hydrogen) atoms. The molecule has 1 nitrogen and oxygen atoms in total. The van der Waals surface area contributed by atoms with E-state index in [1.165, 1.54) is 89.3 Å². The molecule has 11 aromatic rings. The van der Waals surface area contributed by atoms with E-state index < -0.39 is 24.1 Å². The molecule has 11 rings (SSSR count). The van der Waals surface area contributed by atoms with Crippen molar-refractivity contribution in [1.29, 1.82) is 0 Å². The molecule has 11 aromatic carbocycles. The van der Waals surface area contributed by atoms with Crippen LogP contribution in [0.25, 0.3) is 5.57 Å². The second-order valence-corrected chi connectivity index (χ2v) is 33.6. The number of hydrogen-bond donors (Lipinski definition) is 0. The molecule has 0 bridgehead atoms. The zero-order chi connectivity index (χ0) is 65.2. The lowest BCUT2D eigenvalue weighted by molar-refractivity contribution is 0.629. The van der Waals surface area contributed by atoms with Gasteiger partial charge in [-0.1, -0.05) is 379 Å². The largest absolute Gasteiger partial charge is 0.245 e. The first-order chi connectivity index (χ1) is 45.6. The summed E-state index contributed by atoms with van der Waals surface area (Å²) in [6.07, 6.45) is 5.93. The van der Waals surface area contributed by atoms with Crippen molar-refractivity contribution in [1.82, 2.24) is 4.44 Å². The molecule has 0 aliphatic rings. The molecule has 0 saturated heterocycles. The lowest BCUT2D eigenvalue weighted by Crippen LogP contribution is -2.33. The normalized spacial score (nSPS) is 12.0. The van der Waals surface area contributed by atoms with Gasteiger partial charge < -0.3 is 0 Å². The molecule has 0 spiro atoms. The Balaban J connectivity index is 0.000000163. The molecular formula is C86H91FNP5. The Hall–Kier alpha value is -7.32. The zero-order valence-corrected chi connectivity index (χ0v) is 59.8. The highest BCUT2D eigenvalue weighted by Gasteiger charge is 2.32. The molecule has 1 unspecified atom stereocenters. The summed E-state index contributed by atoms with van der Waals surface area (Å²) in [6.45, 7) is 16.6. The van der Waals surface area contributed by atoms with E-state index in [-0.39, 0.29) is 21.7 Å². The second-order valence-electron chi connectivity index (χ2n) is 22.9. The molecule has 0 fully saturated rings. The zero-order valence-electron chi connectivity index (χ0n) is 55.3. The minimum Gasteiger partial charge on any atom is -0.245 e. The summed E-state index contributed by atoms with van der Waals surface area (Å²) < 4.78 is 17.9. The monoisotopic (exact) mass is 1310 g/mol. The average molecular weight is 1310 g/mol. The minimum absolute atomic E-state index is 0.125. The van der Waals surface area contributed by atoms with Crippen LogP contribution in [0.1, 0.15) is 86.1 Å². The van der Waals surface area contributed by atoms with E-state index in [1.54, 1.807) is 12.1 Å². The molecule has 0 aromatic heterocycles. The quantitative estimate of drug-likeness (QED) is 0.0577. The maximum absolute atomic E-state index is 15.3. The van der Waals surface area contributed by atoms with Crippen LogP contribution >= 0.6 is 39.9 Å². The highest BCUT2D eigenvalue weighted by atomic mass is 31.2. The topological polar surface area (TPSA) is 3.24 Å². The van der Waals surface area contributed by atoms with E-state index in [0.717, 1.165) is 24.7 Å². The lowest BCUT2D eigenvalue weighted by atomic mass is 10.1. The molecule has 0 heterocycles. The number of unbranched alkanes of at least 4 members (excludes halogenated alkanes) is 2. The van der Waals surface area contributed by atoms with Gasteiger partial charge in [-0.2, -0.15) is 0 Å². The van der Waals surface area contributed by atoms with Crippen molar-refractivity contribution in [3.05, 3.63) is 368 Å². The Morgan fingerprint density at radius 2 is 0.634 bits per heavy atom. The van der Waals surface area contributed by atoms with Crippen LogP contribution in [0.2, 0.25) is 0 Å². The second kappa shape index (κ2) is 40.0. The highest BCUT2D eigenvalue weighted by Crippen LogP contribution is 2.55. The Morgan fingerprint density at radius 3 is 0.968 bits per heavy atom. The molecule has 7 heteroatoms. The van der Waals surface area contributed by atoms with Gasteiger partial charge >= 0.3 is 0 Å². The van der Waals surface area contributed by atoms with E-state index in [1.807, 2.05) is 18.2 Å². The van der Waals surface area contributed by atoms with Crippen molar-refractivity contribution < 1.29 is 4.39 Å². The van der Waals surface area contributed by atoms with Crippen molar-refractivity contribution in [2.75, 3.05) is 6.54 Å². The summed E-state index contributed by atoms with van der Waals surface area (Å²) in [5.74, 6) is 7.87. The summed E-state index contributed by atoms with van der Waals surface area (Å²) >= 11 is 0. The third kappa shape index (κ3) is 22.7.